The number of rotatable bonds is 6. The molecule has 0 atom stereocenters. The Balaban J connectivity index is 2.12. The van der Waals surface area contributed by atoms with Gasteiger partial charge in [-0.25, -0.2) is 9.18 Å². The summed E-state index contributed by atoms with van der Waals surface area (Å²) in [6.07, 6.45) is -4.73. The van der Waals surface area contributed by atoms with Gasteiger partial charge in [0, 0.05) is 17.9 Å². The fourth-order valence-electron chi connectivity index (χ4n) is 2.82. The van der Waals surface area contributed by atoms with Crippen molar-refractivity contribution < 1.29 is 31.9 Å². The summed E-state index contributed by atoms with van der Waals surface area (Å²) >= 11 is 0. The van der Waals surface area contributed by atoms with Crippen LogP contribution in [0.15, 0.2) is 24.3 Å². The van der Waals surface area contributed by atoms with E-state index in [9.17, 15) is 27.2 Å². The van der Waals surface area contributed by atoms with Crippen molar-refractivity contribution in [1.82, 2.24) is 9.88 Å². The minimum Gasteiger partial charge on any atom is -0.462 e. The van der Waals surface area contributed by atoms with E-state index in [0.29, 0.717) is 23.0 Å². The molecule has 9 heteroatoms. The number of amides is 1. The standard InChI is InChI=1S/C19H20F4N2O3/c1-4-28-18(27)15-7-11(2)25(12(15)3)10-17(26)24-9-13-5-6-14(20)8-16(13)19(21,22)23/h5-8H,4,9-10H2,1-3H3,(H,24,26). The second kappa shape index (κ2) is 8.45. The molecule has 0 saturated heterocycles. The number of hydrogen-bond acceptors (Lipinski definition) is 3. The highest BCUT2D eigenvalue weighted by Gasteiger charge is 2.33. The van der Waals surface area contributed by atoms with Gasteiger partial charge in [0.25, 0.3) is 0 Å². The average Bonchev–Trinajstić information content (AvgIpc) is 2.88. The van der Waals surface area contributed by atoms with Gasteiger partial charge < -0.3 is 14.6 Å². The average molecular weight is 400 g/mol. The van der Waals surface area contributed by atoms with Crippen molar-refractivity contribution in [2.45, 2.75) is 40.0 Å². The minimum atomic E-state index is -4.73. The maximum absolute atomic E-state index is 13.1. The van der Waals surface area contributed by atoms with E-state index in [2.05, 4.69) is 5.32 Å². The number of benzene rings is 1. The monoisotopic (exact) mass is 400 g/mol. The summed E-state index contributed by atoms with van der Waals surface area (Å²) in [5, 5.41) is 2.40. The van der Waals surface area contributed by atoms with E-state index in [1.807, 2.05) is 0 Å². The molecule has 0 aliphatic carbocycles. The molecule has 0 aliphatic rings. The van der Waals surface area contributed by atoms with Gasteiger partial charge in [0.15, 0.2) is 0 Å². The van der Waals surface area contributed by atoms with Crippen molar-refractivity contribution >= 4 is 11.9 Å². The van der Waals surface area contributed by atoms with Crippen LogP contribution in [0, 0.1) is 19.7 Å². The molecule has 1 aromatic heterocycles. The Labute approximate surface area is 159 Å². The maximum Gasteiger partial charge on any atom is 0.416 e. The Bertz CT molecular complexity index is 888. The van der Waals surface area contributed by atoms with E-state index >= 15 is 0 Å². The van der Waals surface area contributed by atoms with Crippen LogP contribution in [-0.2, 0) is 28.8 Å². The fraction of sp³-hybridized carbons (Fsp3) is 0.368. The number of aryl methyl sites for hydroxylation is 1. The molecule has 0 aliphatic heterocycles. The van der Waals surface area contributed by atoms with E-state index < -0.39 is 36.0 Å². The Hall–Kier alpha value is -2.84. The Morgan fingerprint density at radius 3 is 2.46 bits per heavy atom. The van der Waals surface area contributed by atoms with Crippen molar-refractivity contribution in [2.24, 2.45) is 0 Å². The van der Waals surface area contributed by atoms with E-state index in [-0.39, 0.29) is 18.7 Å². The molecule has 5 nitrogen and oxygen atoms in total. The molecule has 0 saturated carbocycles. The van der Waals surface area contributed by atoms with Crippen molar-refractivity contribution in [1.29, 1.82) is 0 Å². The summed E-state index contributed by atoms with van der Waals surface area (Å²) < 4.78 is 58.7. The van der Waals surface area contributed by atoms with Gasteiger partial charge in [0.05, 0.1) is 17.7 Å². The zero-order chi connectivity index (χ0) is 21.1. The summed E-state index contributed by atoms with van der Waals surface area (Å²) in [6, 6.07) is 3.88. The molecule has 1 amide bonds. The predicted octanol–water partition coefficient (Wildman–Crippen LogP) is 3.76. The van der Waals surface area contributed by atoms with Crippen LogP contribution in [-0.4, -0.2) is 23.1 Å². The smallest absolute Gasteiger partial charge is 0.416 e. The van der Waals surface area contributed by atoms with Crippen molar-refractivity contribution in [3.05, 3.63) is 58.2 Å². The van der Waals surface area contributed by atoms with Crippen LogP contribution in [0.4, 0.5) is 17.6 Å². The van der Waals surface area contributed by atoms with Gasteiger partial charge in [0.2, 0.25) is 5.91 Å². The lowest BCUT2D eigenvalue weighted by Gasteiger charge is -2.14. The van der Waals surface area contributed by atoms with Crippen LogP contribution in [0.3, 0.4) is 0 Å². The molecular formula is C19H20F4N2O3. The Morgan fingerprint density at radius 2 is 1.86 bits per heavy atom. The SMILES string of the molecule is CCOC(=O)c1cc(C)n(CC(=O)NCc2ccc(F)cc2C(F)(F)F)c1C. The van der Waals surface area contributed by atoms with Crippen molar-refractivity contribution in [3.63, 3.8) is 0 Å². The van der Waals surface area contributed by atoms with E-state index in [4.69, 9.17) is 4.74 Å². The van der Waals surface area contributed by atoms with Crippen molar-refractivity contribution in [2.75, 3.05) is 6.61 Å². The van der Waals surface area contributed by atoms with Crippen molar-refractivity contribution in [3.8, 4) is 0 Å². The number of nitrogens with one attached hydrogen (secondary N) is 1. The van der Waals surface area contributed by atoms with E-state index in [1.54, 1.807) is 31.4 Å². The highest BCUT2D eigenvalue weighted by Crippen LogP contribution is 2.32. The van der Waals surface area contributed by atoms with Gasteiger partial charge in [-0.15, -0.1) is 0 Å². The first-order chi connectivity index (χ1) is 13.0. The number of aromatic nitrogens is 1. The lowest BCUT2D eigenvalue weighted by molar-refractivity contribution is -0.138. The molecule has 1 aromatic carbocycles. The second-order valence-corrected chi connectivity index (χ2v) is 6.17. The minimum absolute atomic E-state index is 0.181. The Kier molecular flexibility index (Phi) is 6.48. The van der Waals surface area contributed by atoms with Crippen LogP contribution < -0.4 is 5.32 Å². The van der Waals surface area contributed by atoms with Crippen LogP contribution in [0.1, 0.15) is 39.8 Å². The number of nitrogens with zero attached hydrogens (tertiary/aromatic N) is 1. The Morgan fingerprint density at radius 1 is 1.18 bits per heavy atom. The lowest BCUT2D eigenvalue weighted by Crippen LogP contribution is -2.29. The third kappa shape index (κ3) is 4.90. The lowest BCUT2D eigenvalue weighted by atomic mass is 10.1. The summed E-state index contributed by atoms with van der Waals surface area (Å²) in [5.41, 5.74) is 0.100. The molecule has 2 aromatic rings. The van der Waals surface area contributed by atoms with E-state index in [0.717, 1.165) is 12.1 Å². The molecule has 1 heterocycles. The molecule has 0 spiro atoms. The van der Waals surface area contributed by atoms with Gasteiger partial charge in [0.1, 0.15) is 12.4 Å². The van der Waals surface area contributed by atoms with Crippen LogP contribution in [0.2, 0.25) is 0 Å². The van der Waals surface area contributed by atoms with Crippen LogP contribution in [0.5, 0.6) is 0 Å². The van der Waals surface area contributed by atoms with Gasteiger partial charge in [-0.05, 0) is 44.5 Å². The normalized spacial score (nSPS) is 11.4. The molecule has 2 rings (SSSR count). The summed E-state index contributed by atoms with van der Waals surface area (Å²) in [4.78, 5) is 24.1. The number of hydrogen-bond donors (Lipinski definition) is 1. The second-order valence-electron chi connectivity index (χ2n) is 6.17. The predicted molar refractivity (Wildman–Crippen MR) is 93.1 cm³/mol. The molecular weight excluding hydrogens is 380 g/mol. The fourth-order valence-corrected chi connectivity index (χ4v) is 2.82. The first kappa shape index (κ1) is 21.5. The molecule has 152 valence electrons. The topological polar surface area (TPSA) is 60.3 Å². The summed E-state index contributed by atoms with van der Waals surface area (Å²) in [7, 11) is 0. The first-order valence-corrected chi connectivity index (χ1v) is 8.50. The van der Waals surface area contributed by atoms with Crippen LogP contribution >= 0.6 is 0 Å². The molecule has 0 bridgehead atoms. The van der Waals surface area contributed by atoms with Gasteiger partial charge in [-0.3, -0.25) is 4.79 Å². The molecule has 0 radical (unpaired) electrons. The van der Waals surface area contributed by atoms with E-state index in [1.165, 1.54) is 0 Å². The quantitative estimate of drug-likeness (QED) is 0.593. The number of esters is 1. The number of alkyl halides is 3. The number of carbonyl (C=O) groups is 2. The zero-order valence-electron chi connectivity index (χ0n) is 15.6. The zero-order valence-corrected chi connectivity index (χ0v) is 15.6. The van der Waals surface area contributed by atoms with Gasteiger partial charge in [-0.1, -0.05) is 6.07 Å². The van der Waals surface area contributed by atoms with Gasteiger partial charge >= 0.3 is 12.1 Å². The number of ether oxygens (including phenoxy) is 1. The summed E-state index contributed by atoms with van der Waals surface area (Å²) in [6.45, 7) is 4.65. The molecule has 0 fully saturated rings. The summed E-state index contributed by atoms with van der Waals surface area (Å²) in [5.74, 6) is -2.06. The highest BCUT2D eigenvalue weighted by atomic mass is 19.4. The third-order valence-corrected chi connectivity index (χ3v) is 4.22. The van der Waals surface area contributed by atoms with Crippen LogP contribution in [0.25, 0.3) is 0 Å². The molecule has 28 heavy (non-hydrogen) atoms. The molecule has 1 N–H and O–H groups in total. The third-order valence-electron chi connectivity index (χ3n) is 4.22. The van der Waals surface area contributed by atoms with Gasteiger partial charge in [-0.2, -0.15) is 13.2 Å². The highest BCUT2D eigenvalue weighted by molar-refractivity contribution is 5.91. The number of carbonyl (C=O) groups excluding carboxylic acids is 2. The molecule has 0 unspecified atom stereocenters. The maximum atomic E-state index is 13.1. The largest absolute Gasteiger partial charge is 0.462 e. The first-order valence-electron chi connectivity index (χ1n) is 8.50. The number of halogens is 4.